The highest BCUT2D eigenvalue weighted by Crippen LogP contribution is 2.24. The van der Waals surface area contributed by atoms with Crippen LogP contribution in [-0.4, -0.2) is 19.6 Å². The third kappa shape index (κ3) is 1.74. The molecule has 0 radical (unpaired) electrons. The number of rotatable bonds is 1. The van der Waals surface area contributed by atoms with Gasteiger partial charge in [0.25, 0.3) is 0 Å². The van der Waals surface area contributed by atoms with Crippen molar-refractivity contribution in [3.63, 3.8) is 0 Å². The Balaban J connectivity index is 2.25. The van der Waals surface area contributed by atoms with Gasteiger partial charge in [-0.2, -0.15) is 0 Å². The lowest BCUT2D eigenvalue weighted by molar-refractivity contribution is 1.11. The van der Waals surface area contributed by atoms with Crippen molar-refractivity contribution >= 4 is 28.8 Å². The van der Waals surface area contributed by atoms with Gasteiger partial charge < -0.3 is 0 Å². The van der Waals surface area contributed by atoms with E-state index in [0.717, 1.165) is 16.1 Å². The molecule has 3 aromatic rings. The molecule has 4 nitrogen and oxygen atoms in total. The van der Waals surface area contributed by atoms with Gasteiger partial charge in [-0.3, -0.25) is 4.40 Å². The fourth-order valence-corrected chi connectivity index (χ4v) is 2.08. The first-order valence-electron chi connectivity index (χ1n) is 5.28. The molecule has 18 heavy (non-hydrogen) atoms. The molecular weight excluding hydrogens is 271 g/mol. The minimum Gasteiger partial charge on any atom is -0.278 e. The van der Waals surface area contributed by atoms with Gasteiger partial charge in [0.1, 0.15) is 0 Å². The number of hydrogen-bond donors (Lipinski definition) is 0. The summed E-state index contributed by atoms with van der Waals surface area (Å²) < 4.78 is 1.80. The molecule has 0 spiro atoms. The molecule has 90 valence electrons. The molecule has 1 aromatic carbocycles. The summed E-state index contributed by atoms with van der Waals surface area (Å²) in [6.07, 6.45) is 3.39. The van der Waals surface area contributed by atoms with E-state index in [1.54, 1.807) is 16.8 Å². The van der Waals surface area contributed by atoms with Crippen molar-refractivity contribution < 1.29 is 0 Å². The summed E-state index contributed by atoms with van der Waals surface area (Å²) in [6.45, 7) is 1.95. The molecule has 2 aromatic heterocycles. The highest BCUT2D eigenvalue weighted by atomic mass is 35.5. The summed E-state index contributed by atoms with van der Waals surface area (Å²) in [5.41, 5.74) is 2.47. The van der Waals surface area contributed by atoms with Gasteiger partial charge in [0.2, 0.25) is 0 Å². The number of fused-ring (bicyclic) bond motifs is 1. The maximum absolute atomic E-state index is 6.01. The predicted molar refractivity (Wildman–Crippen MR) is 71.0 cm³/mol. The van der Waals surface area contributed by atoms with E-state index in [4.69, 9.17) is 23.2 Å². The number of halogens is 2. The molecule has 0 unspecified atom stereocenters. The quantitative estimate of drug-likeness (QED) is 0.685. The van der Waals surface area contributed by atoms with E-state index >= 15 is 0 Å². The second kappa shape index (κ2) is 4.23. The van der Waals surface area contributed by atoms with Crippen LogP contribution in [0.25, 0.3) is 17.0 Å². The fraction of sp³-hybridized carbons (Fsp3) is 0.0833. The zero-order valence-corrected chi connectivity index (χ0v) is 10.9. The van der Waals surface area contributed by atoms with E-state index < -0.39 is 0 Å². The Morgan fingerprint density at radius 1 is 1.17 bits per heavy atom. The molecule has 3 rings (SSSR count). The number of benzene rings is 1. The largest absolute Gasteiger partial charge is 0.278 e. The number of hydrogen-bond acceptors (Lipinski definition) is 3. The lowest BCUT2D eigenvalue weighted by atomic mass is 10.1. The number of aryl methyl sites for hydroxylation is 1. The van der Waals surface area contributed by atoms with Gasteiger partial charge in [-0.1, -0.05) is 23.2 Å². The summed E-state index contributed by atoms with van der Waals surface area (Å²) in [5.74, 6) is 0.717. The molecule has 0 aliphatic rings. The molecule has 0 N–H and O–H groups in total. The first kappa shape index (κ1) is 11.4. The summed E-state index contributed by atoms with van der Waals surface area (Å²) in [5, 5.41) is 9.24. The summed E-state index contributed by atoms with van der Waals surface area (Å²) in [4.78, 5) is 3.97. The molecule has 0 saturated heterocycles. The van der Waals surface area contributed by atoms with Gasteiger partial charge >= 0.3 is 0 Å². The Labute approximate surface area is 113 Å². The SMILES string of the molecule is Cc1cc(-c2nnc3c(Cl)nccn23)ccc1Cl. The van der Waals surface area contributed by atoms with Crippen LogP contribution in [-0.2, 0) is 0 Å². The van der Waals surface area contributed by atoms with Crippen molar-refractivity contribution in [2.45, 2.75) is 6.92 Å². The van der Waals surface area contributed by atoms with E-state index in [9.17, 15) is 0 Å². The van der Waals surface area contributed by atoms with Gasteiger partial charge in [-0.05, 0) is 30.7 Å². The van der Waals surface area contributed by atoms with Gasteiger partial charge in [-0.15, -0.1) is 10.2 Å². The molecule has 6 heteroatoms. The number of aromatic nitrogens is 4. The van der Waals surface area contributed by atoms with E-state index in [0.29, 0.717) is 16.6 Å². The Kier molecular flexibility index (Phi) is 2.69. The summed E-state index contributed by atoms with van der Waals surface area (Å²) >= 11 is 12.0. The third-order valence-electron chi connectivity index (χ3n) is 2.70. The second-order valence-corrected chi connectivity index (χ2v) is 4.66. The first-order chi connectivity index (χ1) is 8.66. The highest BCUT2D eigenvalue weighted by molar-refractivity contribution is 6.32. The van der Waals surface area contributed by atoms with Crippen molar-refractivity contribution in [1.82, 2.24) is 19.6 Å². The molecule has 0 bridgehead atoms. The predicted octanol–water partition coefficient (Wildman–Crippen LogP) is 3.41. The van der Waals surface area contributed by atoms with Crippen LogP contribution in [0.2, 0.25) is 10.2 Å². The molecule has 0 atom stereocenters. The van der Waals surface area contributed by atoms with Crippen LogP contribution in [0.5, 0.6) is 0 Å². The van der Waals surface area contributed by atoms with Crippen LogP contribution in [0, 0.1) is 6.92 Å². The van der Waals surface area contributed by atoms with E-state index in [1.165, 1.54) is 0 Å². The fourth-order valence-electron chi connectivity index (χ4n) is 1.78. The lowest BCUT2D eigenvalue weighted by Crippen LogP contribution is -1.91. The topological polar surface area (TPSA) is 43.1 Å². The van der Waals surface area contributed by atoms with Gasteiger partial charge in [-0.25, -0.2) is 4.98 Å². The van der Waals surface area contributed by atoms with Crippen molar-refractivity contribution in [1.29, 1.82) is 0 Å². The summed E-state index contributed by atoms with van der Waals surface area (Å²) in [7, 11) is 0. The van der Waals surface area contributed by atoms with E-state index in [-0.39, 0.29) is 0 Å². The van der Waals surface area contributed by atoms with Crippen molar-refractivity contribution in [3.05, 3.63) is 46.3 Å². The lowest BCUT2D eigenvalue weighted by Gasteiger charge is -2.03. The van der Waals surface area contributed by atoms with E-state index in [1.807, 2.05) is 25.1 Å². The first-order valence-corrected chi connectivity index (χ1v) is 6.04. The van der Waals surface area contributed by atoms with Crippen molar-refractivity contribution in [2.24, 2.45) is 0 Å². The van der Waals surface area contributed by atoms with Crippen molar-refractivity contribution in [2.75, 3.05) is 0 Å². The third-order valence-corrected chi connectivity index (χ3v) is 3.39. The minimum absolute atomic E-state index is 0.335. The van der Waals surface area contributed by atoms with Gasteiger partial charge in [0.05, 0.1) is 0 Å². The maximum atomic E-state index is 6.01. The molecule has 0 saturated carbocycles. The average Bonchev–Trinajstić information content (AvgIpc) is 2.78. The van der Waals surface area contributed by atoms with Crippen molar-refractivity contribution in [3.8, 4) is 11.4 Å². The summed E-state index contributed by atoms with van der Waals surface area (Å²) in [6, 6.07) is 5.71. The molecule has 0 fully saturated rings. The van der Waals surface area contributed by atoms with Gasteiger partial charge in [0, 0.05) is 23.0 Å². The molecule has 0 aliphatic carbocycles. The molecule has 0 amide bonds. The van der Waals surface area contributed by atoms with Gasteiger partial charge in [0.15, 0.2) is 16.6 Å². The zero-order valence-electron chi connectivity index (χ0n) is 9.43. The van der Waals surface area contributed by atoms with Crippen LogP contribution in [0.1, 0.15) is 5.56 Å². The Bertz CT molecular complexity index is 736. The average molecular weight is 279 g/mol. The smallest absolute Gasteiger partial charge is 0.198 e. The van der Waals surface area contributed by atoms with Crippen LogP contribution in [0.15, 0.2) is 30.6 Å². The second-order valence-electron chi connectivity index (χ2n) is 3.90. The Morgan fingerprint density at radius 3 is 2.78 bits per heavy atom. The highest BCUT2D eigenvalue weighted by Gasteiger charge is 2.11. The molecular formula is C12H8Cl2N4. The Hall–Kier alpha value is -1.65. The number of nitrogens with zero attached hydrogens (tertiary/aromatic N) is 4. The normalized spacial score (nSPS) is 11.1. The minimum atomic E-state index is 0.335. The molecule has 0 aliphatic heterocycles. The zero-order chi connectivity index (χ0) is 12.7. The van der Waals surface area contributed by atoms with Crippen LogP contribution >= 0.6 is 23.2 Å². The Morgan fingerprint density at radius 2 is 2.00 bits per heavy atom. The standard InChI is InChI=1S/C12H8Cl2N4/c1-7-6-8(2-3-9(7)13)11-16-17-12-10(14)15-4-5-18(11)12/h2-6H,1H3. The van der Waals surface area contributed by atoms with Crippen LogP contribution in [0.3, 0.4) is 0 Å². The van der Waals surface area contributed by atoms with Crippen LogP contribution < -0.4 is 0 Å². The van der Waals surface area contributed by atoms with E-state index in [2.05, 4.69) is 15.2 Å². The monoisotopic (exact) mass is 278 g/mol. The maximum Gasteiger partial charge on any atom is 0.198 e. The van der Waals surface area contributed by atoms with Crippen LogP contribution in [0.4, 0.5) is 0 Å². The molecule has 2 heterocycles.